The van der Waals surface area contributed by atoms with Crippen LogP contribution in [0.4, 0.5) is 5.69 Å². The maximum atomic E-state index is 12.8. The Morgan fingerprint density at radius 1 is 1.18 bits per heavy atom. The van der Waals surface area contributed by atoms with Gasteiger partial charge in [0.15, 0.2) is 0 Å². The van der Waals surface area contributed by atoms with Gasteiger partial charge >= 0.3 is 11.6 Å². The topological polar surface area (TPSA) is 109 Å². The van der Waals surface area contributed by atoms with Gasteiger partial charge in [-0.1, -0.05) is 30.3 Å². The molecule has 1 aliphatic rings. The summed E-state index contributed by atoms with van der Waals surface area (Å²) in [6.07, 6.45) is 0. The van der Waals surface area contributed by atoms with Gasteiger partial charge in [0.25, 0.3) is 5.69 Å². The SMILES string of the molecule is COC(=O)[C@@H]1COc2c(c(=O)oc3ccccc23)[C@H]1c1ccccc1[N+](=O)[O-]. The molecule has 0 saturated carbocycles. The molecule has 0 bridgehead atoms. The minimum atomic E-state index is -0.932. The lowest BCUT2D eigenvalue weighted by Crippen LogP contribution is -2.37. The fourth-order valence-electron chi connectivity index (χ4n) is 3.67. The minimum absolute atomic E-state index is 0.0784. The van der Waals surface area contributed by atoms with Gasteiger partial charge in [0.05, 0.1) is 23.0 Å². The van der Waals surface area contributed by atoms with Gasteiger partial charge in [-0.15, -0.1) is 0 Å². The highest BCUT2D eigenvalue weighted by molar-refractivity contribution is 5.86. The Labute approximate surface area is 158 Å². The number of hydrogen-bond acceptors (Lipinski definition) is 7. The van der Waals surface area contributed by atoms with Crippen molar-refractivity contribution >= 4 is 22.6 Å². The average molecular weight is 381 g/mol. The zero-order valence-corrected chi connectivity index (χ0v) is 14.8. The predicted molar refractivity (Wildman–Crippen MR) is 98.4 cm³/mol. The molecule has 2 aromatic carbocycles. The van der Waals surface area contributed by atoms with E-state index in [0.717, 1.165) is 0 Å². The molecule has 0 fully saturated rings. The second-order valence-corrected chi connectivity index (χ2v) is 6.36. The first kappa shape index (κ1) is 17.7. The molecule has 8 nitrogen and oxygen atoms in total. The molecular formula is C20H15NO7. The standard InChI is InChI=1S/C20H15NO7/c1-26-19(22)13-10-27-18-12-7-3-5-9-15(12)28-20(23)17(18)16(13)11-6-2-4-8-14(11)21(24)25/h2-9,13,16H,10H2,1H3/t13-,16+/m1/s1. The first-order valence-electron chi connectivity index (χ1n) is 8.52. The largest absolute Gasteiger partial charge is 0.491 e. The molecule has 0 saturated heterocycles. The Balaban J connectivity index is 2.05. The zero-order chi connectivity index (χ0) is 19.8. The Hall–Kier alpha value is -3.68. The third-order valence-corrected chi connectivity index (χ3v) is 4.89. The van der Waals surface area contributed by atoms with Crippen molar-refractivity contribution in [1.82, 2.24) is 0 Å². The van der Waals surface area contributed by atoms with Crippen LogP contribution in [0.5, 0.6) is 5.75 Å². The normalized spacial score (nSPS) is 18.2. The van der Waals surface area contributed by atoms with Crippen LogP contribution in [0.15, 0.2) is 57.7 Å². The third kappa shape index (κ3) is 2.70. The van der Waals surface area contributed by atoms with Gasteiger partial charge in [0.2, 0.25) is 0 Å². The Morgan fingerprint density at radius 3 is 2.64 bits per heavy atom. The molecule has 2 atom stereocenters. The number of carbonyl (C=O) groups is 1. The number of rotatable bonds is 3. The molecule has 0 aliphatic carbocycles. The van der Waals surface area contributed by atoms with Crippen molar-refractivity contribution in [2.45, 2.75) is 5.92 Å². The van der Waals surface area contributed by atoms with E-state index in [0.29, 0.717) is 11.0 Å². The summed E-state index contributed by atoms with van der Waals surface area (Å²) in [6, 6.07) is 12.9. The molecule has 28 heavy (non-hydrogen) atoms. The number of nitrogens with zero attached hydrogens (tertiary/aromatic N) is 1. The van der Waals surface area contributed by atoms with Gasteiger partial charge in [0.1, 0.15) is 23.9 Å². The lowest BCUT2D eigenvalue weighted by Gasteiger charge is -2.31. The molecule has 1 aliphatic heterocycles. The molecule has 2 heterocycles. The summed E-state index contributed by atoms with van der Waals surface area (Å²) in [4.78, 5) is 36.3. The molecule has 142 valence electrons. The molecule has 4 rings (SSSR count). The number of fused-ring (bicyclic) bond motifs is 3. The summed E-state index contributed by atoms with van der Waals surface area (Å²) in [5.41, 5.74) is -0.249. The van der Waals surface area contributed by atoms with Crippen LogP contribution in [0.3, 0.4) is 0 Å². The molecule has 0 radical (unpaired) electrons. The highest BCUT2D eigenvalue weighted by atomic mass is 16.6. The van der Waals surface area contributed by atoms with Crippen molar-refractivity contribution in [3.8, 4) is 5.75 Å². The molecule has 0 N–H and O–H groups in total. The summed E-state index contributed by atoms with van der Waals surface area (Å²) in [7, 11) is 1.22. The van der Waals surface area contributed by atoms with E-state index in [9.17, 15) is 19.7 Å². The maximum absolute atomic E-state index is 12.8. The number of para-hydroxylation sites is 2. The van der Waals surface area contributed by atoms with Crippen LogP contribution in [-0.4, -0.2) is 24.6 Å². The summed E-state index contributed by atoms with van der Waals surface area (Å²) < 4.78 is 16.1. The number of nitro benzene ring substituents is 1. The Morgan fingerprint density at radius 2 is 1.89 bits per heavy atom. The van der Waals surface area contributed by atoms with Gasteiger partial charge in [-0.25, -0.2) is 4.79 Å². The van der Waals surface area contributed by atoms with Crippen molar-refractivity contribution in [2.75, 3.05) is 13.7 Å². The van der Waals surface area contributed by atoms with E-state index in [2.05, 4.69) is 0 Å². The van der Waals surface area contributed by atoms with Crippen molar-refractivity contribution in [2.24, 2.45) is 5.92 Å². The Kier molecular flexibility index (Phi) is 4.31. The molecule has 0 unspecified atom stereocenters. The molecule has 0 spiro atoms. The number of carbonyl (C=O) groups excluding carboxylic acids is 1. The molecule has 0 amide bonds. The average Bonchev–Trinajstić information content (AvgIpc) is 2.72. The lowest BCUT2D eigenvalue weighted by atomic mass is 9.78. The van der Waals surface area contributed by atoms with Crippen molar-refractivity contribution in [3.63, 3.8) is 0 Å². The fourth-order valence-corrected chi connectivity index (χ4v) is 3.67. The number of hydrogen-bond donors (Lipinski definition) is 0. The number of nitro groups is 1. The van der Waals surface area contributed by atoms with Gasteiger partial charge < -0.3 is 13.9 Å². The van der Waals surface area contributed by atoms with E-state index in [-0.39, 0.29) is 29.2 Å². The highest BCUT2D eigenvalue weighted by Crippen LogP contribution is 2.45. The quantitative estimate of drug-likeness (QED) is 0.297. The van der Waals surface area contributed by atoms with Gasteiger partial charge in [0, 0.05) is 17.5 Å². The summed E-state index contributed by atoms with van der Waals surface area (Å²) >= 11 is 0. The second-order valence-electron chi connectivity index (χ2n) is 6.36. The number of methoxy groups -OCH3 is 1. The maximum Gasteiger partial charge on any atom is 0.343 e. The van der Waals surface area contributed by atoms with Crippen LogP contribution in [0.2, 0.25) is 0 Å². The van der Waals surface area contributed by atoms with Crippen LogP contribution >= 0.6 is 0 Å². The third-order valence-electron chi connectivity index (χ3n) is 4.89. The lowest BCUT2D eigenvalue weighted by molar-refractivity contribution is -0.385. The van der Waals surface area contributed by atoms with E-state index < -0.39 is 28.4 Å². The first-order valence-corrected chi connectivity index (χ1v) is 8.52. The monoisotopic (exact) mass is 381 g/mol. The van der Waals surface area contributed by atoms with E-state index >= 15 is 0 Å². The predicted octanol–water partition coefficient (Wildman–Crippen LogP) is 3.01. The molecular weight excluding hydrogens is 366 g/mol. The van der Waals surface area contributed by atoms with Crippen molar-refractivity contribution < 1.29 is 23.6 Å². The van der Waals surface area contributed by atoms with Gasteiger partial charge in [-0.3, -0.25) is 14.9 Å². The van der Waals surface area contributed by atoms with Crippen LogP contribution in [0.1, 0.15) is 17.0 Å². The summed E-state index contributed by atoms with van der Waals surface area (Å²) in [5, 5.41) is 12.1. The van der Waals surface area contributed by atoms with Crippen LogP contribution in [-0.2, 0) is 9.53 Å². The molecule has 8 heteroatoms. The van der Waals surface area contributed by atoms with E-state index in [4.69, 9.17) is 13.9 Å². The van der Waals surface area contributed by atoms with Gasteiger partial charge in [-0.05, 0) is 12.1 Å². The van der Waals surface area contributed by atoms with E-state index in [1.807, 2.05) is 0 Å². The fraction of sp³-hybridized carbons (Fsp3) is 0.200. The molecule has 1 aromatic heterocycles. The van der Waals surface area contributed by atoms with Crippen molar-refractivity contribution in [3.05, 3.63) is 80.2 Å². The van der Waals surface area contributed by atoms with E-state index in [1.165, 1.54) is 25.3 Å². The summed E-state index contributed by atoms with van der Waals surface area (Å²) in [6.45, 7) is -0.0795. The van der Waals surface area contributed by atoms with Crippen LogP contribution in [0, 0.1) is 16.0 Å². The number of benzene rings is 2. The summed E-state index contributed by atoms with van der Waals surface area (Å²) in [5.74, 6) is -2.21. The van der Waals surface area contributed by atoms with Crippen molar-refractivity contribution in [1.29, 1.82) is 0 Å². The Bertz CT molecular complexity index is 1150. The minimum Gasteiger partial charge on any atom is -0.491 e. The van der Waals surface area contributed by atoms with E-state index in [1.54, 1.807) is 30.3 Å². The highest BCUT2D eigenvalue weighted by Gasteiger charge is 2.43. The smallest absolute Gasteiger partial charge is 0.343 e. The zero-order valence-electron chi connectivity index (χ0n) is 14.8. The van der Waals surface area contributed by atoms with Crippen LogP contribution < -0.4 is 10.4 Å². The number of ether oxygens (including phenoxy) is 2. The first-order chi connectivity index (χ1) is 13.5. The van der Waals surface area contributed by atoms with Crippen LogP contribution in [0.25, 0.3) is 11.0 Å². The molecule has 3 aromatic rings. The number of esters is 1. The second kappa shape index (κ2) is 6.80. The van der Waals surface area contributed by atoms with Gasteiger partial charge in [-0.2, -0.15) is 0 Å².